The van der Waals surface area contributed by atoms with E-state index in [-0.39, 0.29) is 18.0 Å². The van der Waals surface area contributed by atoms with Gasteiger partial charge in [0.05, 0.1) is 12.1 Å². The van der Waals surface area contributed by atoms with E-state index in [9.17, 15) is 9.18 Å². The minimum absolute atomic E-state index is 0.00824. The van der Waals surface area contributed by atoms with Crippen molar-refractivity contribution in [2.24, 2.45) is 0 Å². The Balaban J connectivity index is 1.98. The fraction of sp³-hybridized carbons (Fsp3) is 0.308. The van der Waals surface area contributed by atoms with Crippen LogP contribution in [0, 0.1) is 5.82 Å². The summed E-state index contributed by atoms with van der Waals surface area (Å²) < 4.78 is 18.7. The van der Waals surface area contributed by atoms with Crippen molar-refractivity contribution in [1.29, 1.82) is 0 Å². The molecule has 0 bridgehead atoms. The molecule has 0 aliphatic rings. The lowest BCUT2D eigenvalue weighted by atomic mass is 10.2. The highest BCUT2D eigenvalue weighted by atomic mass is 19.1. The lowest BCUT2D eigenvalue weighted by Crippen LogP contribution is -2.23. The predicted octanol–water partition coefficient (Wildman–Crippen LogP) is 2.26. The van der Waals surface area contributed by atoms with Gasteiger partial charge in [-0.2, -0.15) is 0 Å². The molecule has 100 valence electrons. The van der Waals surface area contributed by atoms with E-state index in [0.29, 0.717) is 11.8 Å². The van der Waals surface area contributed by atoms with Crippen LogP contribution in [-0.4, -0.2) is 16.1 Å². The highest BCUT2D eigenvalue weighted by molar-refractivity contribution is 5.94. The molecule has 0 saturated heterocycles. The van der Waals surface area contributed by atoms with Crippen LogP contribution in [0.25, 0.3) is 0 Å². The van der Waals surface area contributed by atoms with Gasteiger partial charge in [0.25, 0.3) is 5.91 Å². The zero-order chi connectivity index (χ0) is 13.8. The number of nitrogens with zero attached hydrogens (tertiary/aromatic N) is 2. The Labute approximate surface area is 109 Å². The summed E-state index contributed by atoms with van der Waals surface area (Å²) in [5, 5.41) is 10.2. The van der Waals surface area contributed by atoms with Gasteiger partial charge in [0.15, 0.2) is 0 Å². The van der Waals surface area contributed by atoms with Crippen molar-refractivity contribution in [3.63, 3.8) is 0 Å². The molecule has 1 amide bonds. The van der Waals surface area contributed by atoms with E-state index in [0.717, 1.165) is 0 Å². The fourth-order valence-electron chi connectivity index (χ4n) is 1.47. The van der Waals surface area contributed by atoms with Crippen LogP contribution in [0.2, 0.25) is 0 Å². The molecule has 0 aliphatic carbocycles. The number of rotatable bonds is 4. The molecule has 19 heavy (non-hydrogen) atoms. The normalized spacial score (nSPS) is 10.7. The molecule has 1 aromatic heterocycles. The average Bonchev–Trinajstić information content (AvgIpc) is 2.85. The van der Waals surface area contributed by atoms with Gasteiger partial charge in [-0.3, -0.25) is 4.79 Å². The van der Waals surface area contributed by atoms with Crippen LogP contribution in [0.3, 0.4) is 0 Å². The van der Waals surface area contributed by atoms with E-state index in [1.807, 2.05) is 13.8 Å². The van der Waals surface area contributed by atoms with Gasteiger partial charge in [-0.05, 0) is 12.1 Å². The monoisotopic (exact) mass is 263 g/mol. The van der Waals surface area contributed by atoms with E-state index in [1.54, 1.807) is 6.07 Å². The third-order valence-corrected chi connectivity index (χ3v) is 2.50. The Kier molecular flexibility index (Phi) is 3.89. The molecule has 0 fully saturated rings. The summed E-state index contributed by atoms with van der Waals surface area (Å²) in [6.07, 6.45) is 0. The number of hydrogen-bond acceptors (Lipinski definition) is 4. The number of aromatic nitrogens is 2. The number of benzene rings is 1. The molecular formula is C13H14FN3O2. The largest absolute Gasteiger partial charge is 0.423 e. The quantitative estimate of drug-likeness (QED) is 0.918. The van der Waals surface area contributed by atoms with E-state index in [2.05, 4.69) is 15.5 Å². The molecule has 2 rings (SSSR count). The number of hydrogen-bond donors (Lipinski definition) is 1. The number of amides is 1. The van der Waals surface area contributed by atoms with Crippen molar-refractivity contribution < 1.29 is 13.6 Å². The third kappa shape index (κ3) is 3.15. The van der Waals surface area contributed by atoms with Crippen LogP contribution in [-0.2, 0) is 6.54 Å². The van der Waals surface area contributed by atoms with Gasteiger partial charge >= 0.3 is 0 Å². The minimum Gasteiger partial charge on any atom is -0.423 e. The van der Waals surface area contributed by atoms with Crippen LogP contribution in [0.4, 0.5) is 4.39 Å². The van der Waals surface area contributed by atoms with Gasteiger partial charge < -0.3 is 9.73 Å². The molecule has 0 aliphatic heterocycles. The summed E-state index contributed by atoms with van der Waals surface area (Å²) >= 11 is 0. The van der Waals surface area contributed by atoms with Crippen LogP contribution in [0.15, 0.2) is 28.7 Å². The van der Waals surface area contributed by atoms with E-state index in [1.165, 1.54) is 18.2 Å². The zero-order valence-electron chi connectivity index (χ0n) is 10.7. The number of carbonyl (C=O) groups is 1. The van der Waals surface area contributed by atoms with E-state index < -0.39 is 11.7 Å². The Hall–Kier alpha value is -2.24. The van der Waals surface area contributed by atoms with Gasteiger partial charge in [-0.25, -0.2) is 4.39 Å². The van der Waals surface area contributed by atoms with Crippen LogP contribution in [0.1, 0.15) is 41.9 Å². The lowest BCUT2D eigenvalue weighted by molar-refractivity contribution is 0.0943. The molecule has 1 aromatic carbocycles. The summed E-state index contributed by atoms with van der Waals surface area (Å²) in [4.78, 5) is 11.7. The summed E-state index contributed by atoms with van der Waals surface area (Å²) in [7, 11) is 0. The molecule has 0 unspecified atom stereocenters. The lowest BCUT2D eigenvalue weighted by Gasteiger charge is -2.03. The molecule has 0 spiro atoms. The first-order valence-electron chi connectivity index (χ1n) is 5.93. The van der Waals surface area contributed by atoms with Gasteiger partial charge in [0.1, 0.15) is 5.82 Å². The summed E-state index contributed by atoms with van der Waals surface area (Å²) in [6.45, 7) is 3.93. The second-order valence-electron chi connectivity index (χ2n) is 4.35. The highest BCUT2D eigenvalue weighted by Crippen LogP contribution is 2.12. The van der Waals surface area contributed by atoms with E-state index >= 15 is 0 Å². The van der Waals surface area contributed by atoms with Gasteiger partial charge in [0, 0.05) is 5.92 Å². The highest BCUT2D eigenvalue weighted by Gasteiger charge is 2.13. The molecule has 0 radical (unpaired) electrons. The molecule has 1 heterocycles. The molecule has 6 heteroatoms. The molecule has 1 N–H and O–H groups in total. The Morgan fingerprint density at radius 3 is 2.74 bits per heavy atom. The van der Waals surface area contributed by atoms with Crippen molar-refractivity contribution in [2.75, 3.05) is 0 Å². The molecule has 2 aromatic rings. The maximum atomic E-state index is 13.4. The summed E-state index contributed by atoms with van der Waals surface area (Å²) in [6, 6.07) is 5.77. The molecule has 5 nitrogen and oxygen atoms in total. The van der Waals surface area contributed by atoms with Gasteiger partial charge in [-0.1, -0.05) is 26.0 Å². The first-order chi connectivity index (χ1) is 9.08. The number of nitrogens with one attached hydrogen (secondary N) is 1. The van der Waals surface area contributed by atoms with Crippen molar-refractivity contribution in [2.45, 2.75) is 26.3 Å². The van der Waals surface area contributed by atoms with Crippen LogP contribution in [0.5, 0.6) is 0 Å². The third-order valence-electron chi connectivity index (χ3n) is 2.50. The standard InChI is InChI=1S/C13H14FN3O2/c1-8(2)13-17-16-11(19-13)7-15-12(18)9-5-3-4-6-10(9)14/h3-6,8H,7H2,1-2H3,(H,15,18). The van der Waals surface area contributed by atoms with Crippen LogP contribution < -0.4 is 5.32 Å². The predicted molar refractivity (Wildman–Crippen MR) is 66.0 cm³/mol. The van der Waals surface area contributed by atoms with Gasteiger partial charge in [-0.15, -0.1) is 10.2 Å². The molecular weight excluding hydrogens is 249 g/mol. The first kappa shape index (κ1) is 13.2. The van der Waals surface area contributed by atoms with Crippen molar-refractivity contribution in [3.8, 4) is 0 Å². The maximum Gasteiger partial charge on any atom is 0.254 e. The smallest absolute Gasteiger partial charge is 0.254 e. The molecule has 0 atom stereocenters. The second kappa shape index (κ2) is 5.60. The SMILES string of the molecule is CC(C)c1nnc(CNC(=O)c2ccccc2F)o1. The number of carbonyl (C=O) groups excluding carboxylic acids is 1. The van der Waals surface area contributed by atoms with Crippen molar-refractivity contribution in [1.82, 2.24) is 15.5 Å². The zero-order valence-corrected chi connectivity index (χ0v) is 10.7. The number of halogens is 1. The average molecular weight is 263 g/mol. The second-order valence-corrected chi connectivity index (χ2v) is 4.35. The summed E-state index contributed by atoms with van der Waals surface area (Å²) in [5.41, 5.74) is -0.00824. The van der Waals surface area contributed by atoms with Crippen molar-refractivity contribution in [3.05, 3.63) is 47.4 Å². The fourth-order valence-corrected chi connectivity index (χ4v) is 1.47. The topological polar surface area (TPSA) is 68.0 Å². The Morgan fingerprint density at radius 2 is 2.11 bits per heavy atom. The maximum absolute atomic E-state index is 13.4. The Morgan fingerprint density at radius 1 is 1.37 bits per heavy atom. The molecule has 0 saturated carbocycles. The van der Waals surface area contributed by atoms with Crippen LogP contribution >= 0.6 is 0 Å². The Bertz CT molecular complexity index is 581. The van der Waals surface area contributed by atoms with Gasteiger partial charge in [0.2, 0.25) is 11.8 Å². The summed E-state index contributed by atoms with van der Waals surface area (Å²) in [5.74, 6) is -0.136. The minimum atomic E-state index is -0.562. The van der Waals surface area contributed by atoms with Crippen molar-refractivity contribution >= 4 is 5.91 Å². The van der Waals surface area contributed by atoms with E-state index in [4.69, 9.17) is 4.42 Å². The first-order valence-corrected chi connectivity index (χ1v) is 5.93.